The number of rotatable bonds is 0. The SMILES string of the molecule is CC1(C)CNc2c(Br)ccnc21. The fraction of sp³-hybridized carbons (Fsp3) is 0.444. The van der Waals surface area contributed by atoms with Crippen molar-refractivity contribution in [3.63, 3.8) is 0 Å². The summed E-state index contributed by atoms with van der Waals surface area (Å²) in [5.41, 5.74) is 2.48. The van der Waals surface area contributed by atoms with Gasteiger partial charge in [0, 0.05) is 22.6 Å². The molecule has 1 aliphatic rings. The Labute approximate surface area is 80.5 Å². The van der Waals surface area contributed by atoms with E-state index in [1.54, 1.807) is 0 Å². The monoisotopic (exact) mass is 226 g/mol. The zero-order chi connectivity index (χ0) is 8.77. The van der Waals surface area contributed by atoms with E-state index in [1.165, 1.54) is 0 Å². The predicted molar refractivity (Wildman–Crippen MR) is 53.5 cm³/mol. The Bertz CT molecular complexity index is 320. The van der Waals surface area contributed by atoms with Gasteiger partial charge in [-0.1, -0.05) is 13.8 Å². The van der Waals surface area contributed by atoms with Crippen molar-refractivity contribution in [2.75, 3.05) is 11.9 Å². The van der Waals surface area contributed by atoms with Gasteiger partial charge in [-0.2, -0.15) is 0 Å². The van der Waals surface area contributed by atoms with Crippen molar-refractivity contribution >= 4 is 21.6 Å². The molecule has 0 aliphatic carbocycles. The lowest BCUT2D eigenvalue weighted by Gasteiger charge is -2.15. The molecule has 0 spiro atoms. The summed E-state index contributed by atoms with van der Waals surface area (Å²) >= 11 is 3.50. The van der Waals surface area contributed by atoms with Gasteiger partial charge in [0.15, 0.2) is 0 Å². The zero-order valence-electron chi connectivity index (χ0n) is 7.19. The largest absolute Gasteiger partial charge is 0.382 e. The van der Waals surface area contributed by atoms with Crippen molar-refractivity contribution in [2.45, 2.75) is 19.3 Å². The van der Waals surface area contributed by atoms with Crippen molar-refractivity contribution in [3.8, 4) is 0 Å². The van der Waals surface area contributed by atoms with E-state index >= 15 is 0 Å². The number of pyridine rings is 1. The number of nitrogens with zero attached hydrogens (tertiary/aromatic N) is 1. The van der Waals surface area contributed by atoms with E-state index in [1.807, 2.05) is 12.3 Å². The molecule has 2 heterocycles. The second-order valence-electron chi connectivity index (χ2n) is 3.75. The molecule has 12 heavy (non-hydrogen) atoms. The van der Waals surface area contributed by atoms with Gasteiger partial charge in [-0.3, -0.25) is 4.98 Å². The molecule has 0 fully saturated rings. The number of hydrogen-bond donors (Lipinski definition) is 1. The van der Waals surface area contributed by atoms with E-state index in [0.29, 0.717) is 0 Å². The molecule has 0 aromatic carbocycles. The van der Waals surface area contributed by atoms with E-state index in [9.17, 15) is 0 Å². The van der Waals surface area contributed by atoms with Gasteiger partial charge < -0.3 is 5.32 Å². The third-order valence-corrected chi connectivity index (χ3v) is 2.91. The Morgan fingerprint density at radius 2 is 2.33 bits per heavy atom. The Morgan fingerprint density at radius 3 is 3.00 bits per heavy atom. The number of aromatic nitrogens is 1. The fourth-order valence-corrected chi connectivity index (χ4v) is 1.96. The topological polar surface area (TPSA) is 24.9 Å². The summed E-state index contributed by atoms with van der Waals surface area (Å²) in [6.07, 6.45) is 1.84. The molecular formula is C9H11BrN2. The molecule has 64 valence electrons. The molecule has 1 aromatic heterocycles. The molecule has 0 saturated heterocycles. The van der Waals surface area contributed by atoms with Crippen LogP contribution in [0.5, 0.6) is 0 Å². The number of fused-ring (bicyclic) bond motifs is 1. The second-order valence-corrected chi connectivity index (χ2v) is 4.61. The lowest BCUT2D eigenvalue weighted by atomic mass is 9.91. The molecule has 3 heteroatoms. The first-order chi connectivity index (χ1) is 5.61. The summed E-state index contributed by atoms with van der Waals surface area (Å²) in [5, 5.41) is 3.35. The third kappa shape index (κ3) is 1.04. The summed E-state index contributed by atoms with van der Waals surface area (Å²) in [7, 11) is 0. The molecule has 2 rings (SSSR count). The first-order valence-corrected chi connectivity index (χ1v) is 4.79. The fourth-order valence-electron chi connectivity index (χ4n) is 1.51. The molecule has 0 bridgehead atoms. The van der Waals surface area contributed by atoms with Crippen LogP contribution < -0.4 is 5.32 Å². The quantitative estimate of drug-likeness (QED) is 0.736. The average Bonchev–Trinajstić information content (AvgIpc) is 2.30. The molecule has 1 aromatic rings. The van der Waals surface area contributed by atoms with Crippen molar-refractivity contribution in [3.05, 3.63) is 22.4 Å². The maximum atomic E-state index is 4.38. The summed E-state index contributed by atoms with van der Waals surface area (Å²) in [6.45, 7) is 5.37. The second kappa shape index (κ2) is 2.46. The van der Waals surface area contributed by atoms with Gasteiger partial charge >= 0.3 is 0 Å². The summed E-state index contributed by atoms with van der Waals surface area (Å²) in [4.78, 5) is 4.38. The van der Waals surface area contributed by atoms with E-state index in [0.717, 1.165) is 22.4 Å². The Balaban J connectivity index is 2.61. The smallest absolute Gasteiger partial charge is 0.0719 e. The lowest BCUT2D eigenvalue weighted by Crippen LogP contribution is -2.19. The number of halogens is 1. The molecule has 0 saturated carbocycles. The highest BCUT2D eigenvalue weighted by Gasteiger charge is 2.32. The molecule has 0 unspecified atom stereocenters. The normalized spacial score (nSPS) is 18.6. The highest BCUT2D eigenvalue weighted by Crippen LogP contribution is 2.38. The van der Waals surface area contributed by atoms with E-state index in [-0.39, 0.29) is 5.41 Å². The first kappa shape index (κ1) is 8.05. The Hall–Kier alpha value is -0.570. The summed E-state index contributed by atoms with van der Waals surface area (Å²) in [5.74, 6) is 0. The maximum absolute atomic E-state index is 4.38. The Kier molecular flexibility index (Phi) is 1.65. The van der Waals surface area contributed by atoms with E-state index < -0.39 is 0 Å². The first-order valence-electron chi connectivity index (χ1n) is 4.00. The van der Waals surface area contributed by atoms with E-state index in [4.69, 9.17) is 0 Å². The van der Waals surface area contributed by atoms with Crippen LogP contribution in [0.25, 0.3) is 0 Å². The van der Waals surface area contributed by atoms with Gasteiger partial charge in [0.05, 0.1) is 11.4 Å². The van der Waals surface area contributed by atoms with Crippen LogP contribution in [0.1, 0.15) is 19.5 Å². The maximum Gasteiger partial charge on any atom is 0.0719 e. The van der Waals surface area contributed by atoms with Gasteiger partial charge in [0.25, 0.3) is 0 Å². The van der Waals surface area contributed by atoms with Gasteiger partial charge in [0.2, 0.25) is 0 Å². The van der Waals surface area contributed by atoms with Crippen molar-refractivity contribution in [2.24, 2.45) is 0 Å². The minimum atomic E-state index is 0.166. The summed E-state index contributed by atoms with van der Waals surface area (Å²) < 4.78 is 1.11. The van der Waals surface area contributed by atoms with Crippen molar-refractivity contribution in [1.82, 2.24) is 4.98 Å². The predicted octanol–water partition coefficient (Wildman–Crippen LogP) is 2.55. The van der Waals surface area contributed by atoms with Gasteiger partial charge in [-0.25, -0.2) is 0 Å². The van der Waals surface area contributed by atoms with Crippen LogP contribution in [-0.2, 0) is 5.41 Å². The van der Waals surface area contributed by atoms with E-state index in [2.05, 4.69) is 40.1 Å². The van der Waals surface area contributed by atoms with Crippen molar-refractivity contribution in [1.29, 1.82) is 0 Å². The number of anilines is 1. The standard InChI is InChI=1S/C9H11BrN2/c1-9(2)5-12-7-6(10)3-4-11-8(7)9/h3-4,12H,5H2,1-2H3. The minimum Gasteiger partial charge on any atom is -0.382 e. The van der Waals surface area contributed by atoms with Gasteiger partial charge in [0.1, 0.15) is 0 Å². The van der Waals surface area contributed by atoms with Crippen molar-refractivity contribution < 1.29 is 0 Å². The Morgan fingerprint density at radius 1 is 1.58 bits per heavy atom. The highest BCUT2D eigenvalue weighted by atomic mass is 79.9. The van der Waals surface area contributed by atoms with Crippen LogP contribution in [0.15, 0.2) is 16.7 Å². The average molecular weight is 227 g/mol. The van der Waals surface area contributed by atoms with Crippen LogP contribution in [-0.4, -0.2) is 11.5 Å². The van der Waals surface area contributed by atoms with Gasteiger partial charge in [-0.15, -0.1) is 0 Å². The summed E-state index contributed by atoms with van der Waals surface area (Å²) in [6, 6.07) is 1.97. The van der Waals surface area contributed by atoms with Crippen LogP contribution in [0, 0.1) is 0 Å². The molecule has 1 N–H and O–H groups in total. The minimum absolute atomic E-state index is 0.166. The van der Waals surface area contributed by atoms with Crippen LogP contribution in [0.4, 0.5) is 5.69 Å². The highest BCUT2D eigenvalue weighted by molar-refractivity contribution is 9.10. The zero-order valence-corrected chi connectivity index (χ0v) is 8.77. The number of nitrogens with one attached hydrogen (secondary N) is 1. The molecule has 0 radical (unpaired) electrons. The van der Waals surface area contributed by atoms with Crippen LogP contribution in [0.2, 0.25) is 0 Å². The van der Waals surface area contributed by atoms with Crippen LogP contribution in [0.3, 0.4) is 0 Å². The molecule has 1 aliphatic heterocycles. The third-order valence-electron chi connectivity index (χ3n) is 2.25. The lowest BCUT2D eigenvalue weighted by molar-refractivity contribution is 0.569. The molecule has 2 nitrogen and oxygen atoms in total. The molecule has 0 amide bonds. The molecular weight excluding hydrogens is 216 g/mol. The van der Waals surface area contributed by atoms with Gasteiger partial charge in [-0.05, 0) is 22.0 Å². The van der Waals surface area contributed by atoms with Crippen LogP contribution >= 0.6 is 15.9 Å². The molecule has 0 atom stereocenters. The number of hydrogen-bond acceptors (Lipinski definition) is 2.